The van der Waals surface area contributed by atoms with Gasteiger partial charge in [-0.3, -0.25) is 14.1 Å². The molecule has 0 bridgehead atoms. The smallest absolute Gasteiger partial charge is 0 e. The van der Waals surface area contributed by atoms with E-state index in [9.17, 15) is 38.9 Å². The fourth-order valence-electron chi connectivity index (χ4n) is 7.33. The van der Waals surface area contributed by atoms with E-state index in [0.717, 1.165) is 27.3 Å². The molecule has 23 heteroatoms. The average molecular weight is 1380 g/mol. The Morgan fingerprint density at radius 3 is 0.843 bits per heavy atom. The molecular formula is C47H78Cl5NO9P3Pd2S3+. The summed E-state index contributed by atoms with van der Waals surface area (Å²) in [5.74, 6) is 0. The van der Waals surface area contributed by atoms with Crippen LogP contribution in [0.3, 0.4) is 0 Å². The molecule has 0 unspecified atom stereocenters. The Labute approximate surface area is 477 Å². The van der Waals surface area contributed by atoms with Crippen LogP contribution >= 0.6 is 79.7 Å². The number of nitrogens with zero attached hydrogens (tertiary/aromatic N) is 1. The van der Waals surface area contributed by atoms with Gasteiger partial charge in [0, 0.05) is 55.6 Å². The number of aryl methyl sites for hydroxylation is 2. The number of halogens is 5. The van der Waals surface area contributed by atoms with Crippen molar-refractivity contribution >= 4 is 126 Å². The van der Waals surface area contributed by atoms with Gasteiger partial charge < -0.3 is 19.4 Å². The summed E-state index contributed by atoms with van der Waals surface area (Å²) >= 11 is 21.3. The van der Waals surface area contributed by atoms with Crippen LogP contribution in [0, 0.1) is 28.7 Å². The molecule has 0 atom stereocenters. The van der Waals surface area contributed by atoms with E-state index < -0.39 is 54.1 Å². The van der Waals surface area contributed by atoms with Crippen LogP contribution < -0.4 is 15.9 Å². The summed E-state index contributed by atoms with van der Waals surface area (Å²) in [6.45, 7) is 29.2. The summed E-state index contributed by atoms with van der Waals surface area (Å²) in [6, 6.07) is 26.2. The van der Waals surface area contributed by atoms with Crippen molar-refractivity contribution in [1.82, 2.24) is 4.98 Å². The summed E-state index contributed by atoms with van der Waals surface area (Å²) in [6.07, 6.45) is 0. The van der Waals surface area contributed by atoms with Crippen LogP contribution in [0.1, 0.15) is 94.5 Å². The van der Waals surface area contributed by atoms with Gasteiger partial charge in [0.15, 0.2) is 0 Å². The molecule has 412 valence electrons. The molecule has 10 nitrogen and oxygen atoms in total. The van der Waals surface area contributed by atoms with Crippen molar-refractivity contribution in [1.29, 1.82) is 0 Å². The second kappa shape index (κ2) is 42.7. The van der Waals surface area contributed by atoms with Gasteiger partial charge in [0.1, 0.15) is 35.8 Å². The van der Waals surface area contributed by atoms with Gasteiger partial charge in [0.2, 0.25) is 0 Å². The van der Waals surface area contributed by atoms with Crippen molar-refractivity contribution in [3.63, 3.8) is 0 Å². The number of hydrogen-bond acceptors (Lipinski definition) is 8. The van der Waals surface area contributed by atoms with Crippen molar-refractivity contribution < 1.29 is 77.5 Å². The zero-order valence-corrected chi connectivity index (χ0v) is 55.3. The number of alkyl halides is 4. The largest absolute Gasteiger partial charge is 0 e. The zero-order valence-electron chi connectivity index (χ0n) is 43.0. The van der Waals surface area contributed by atoms with Gasteiger partial charge in [-0.1, -0.05) is 42.5 Å². The van der Waals surface area contributed by atoms with Crippen molar-refractivity contribution in [2.24, 2.45) is 0 Å². The minimum atomic E-state index is -4.37. The van der Waals surface area contributed by atoms with Crippen LogP contribution in [-0.4, -0.2) is 88.5 Å². The van der Waals surface area contributed by atoms with Gasteiger partial charge in [-0.25, -0.2) is 8.42 Å². The maximum atomic E-state index is 11.4. The maximum absolute atomic E-state index is 11.4. The van der Waals surface area contributed by atoms with Crippen molar-refractivity contribution in [2.75, 3.05) is 10.7 Å². The molecule has 1 aromatic heterocycles. The molecule has 0 aliphatic carbocycles. The van der Waals surface area contributed by atoms with Gasteiger partial charge >= 0.3 is 27.7 Å². The second-order valence-electron chi connectivity index (χ2n) is 16.3. The minimum Gasteiger partial charge on any atom is 0 e. The van der Waals surface area contributed by atoms with Crippen molar-refractivity contribution in [3.05, 3.63) is 117 Å². The Hall–Kier alpha value is 0.605. The average Bonchev–Trinajstić information content (AvgIpc) is 3.19. The Balaban J connectivity index is -0.000000187. The van der Waals surface area contributed by atoms with E-state index in [0.29, 0.717) is 34.0 Å². The first-order valence-electron chi connectivity index (χ1n) is 20.9. The Morgan fingerprint density at radius 1 is 0.471 bits per heavy atom. The molecule has 1 heterocycles. The van der Waals surface area contributed by atoms with Crippen molar-refractivity contribution in [2.45, 2.75) is 146 Å². The van der Waals surface area contributed by atoms with Crippen LogP contribution in [0.25, 0.3) is 0 Å². The molecule has 0 aliphatic heterocycles. The molecule has 70 heavy (non-hydrogen) atoms. The molecule has 0 saturated heterocycles. The zero-order chi connectivity index (χ0) is 53.0. The van der Waals surface area contributed by atoms with Gasteiger partial charge in [-0.2, -0.15) is 16.8 Å². The normalized spacial score (nSPS) is 10.9. The topological polar surface area (TPSA) is 179 Å². The standard InChI is InChI=1S/3C12H19O3PS.C7H9N.2CH2Cl2.2CH3.ClH.2Pd/c3*1-9(2)16(10(3)4)11-7-5-6-8-12(11)17(13,14)15;1-6-4-3-5-7(2)8-6;2*2-1-3;;;;;/h3*5-10H,1-4H3,(H,13,14,15);3-5H,1-2H3;2*1H2;2*1H3;1H;;/q;;;;;;2*-1;;;+2/p+1. The molecule has 0 spiro atoms. The third kappa shape index (κ3) is 32.9. The van der Waals surface area contributed by atoms with Crippen LogP contribution in [0.4, 0.5) is 0 Å². The summed E-state index contributed by atoms with van der Waals surface area (Å²) < 4.78 is 97.8. The number of hydrogen-bond donors (Lipinski definition) is 2. The van der Waals surface area contributed by atoms with E-state index in [2.05, 4.69) is 116 Å². The quantitative estimate of drug-likeness (QED) is 0.0456. The summed E-state index contributed by atoms with van der Waals surface area (Å²) in [5, 5.41) is 2.76. The molecule has 4 rings (SSSR count). The van der Waals surface area contributed by atoms with Crippen LogP contribution in [0.15, 0.2) is 106 Å². The summed E-state index contributed by atoms with van der Waals surface area (Å²) in [5.41, 5.74) is 4.64. The maximum Gasteiger partial charge on any atom is 0 e. The van der Waals surface area contributed by atoms with Gasteiger partial charge in [0.25, 0.3) is 20.2 Å². The number of rotatable bonds is 12. The first-order valence-corrected chi connectivity index (χ1v) is 34.3. The van der Waals surface area contributed by atoms with Gasteiger partial charge in [-0.05, 0) is 145 Å². The van der Waals surface area contributed by atoms with Crippen LogP contribution in [0.5, 0.6) is 0 Å². The van der Waals surface area contributed by atoms with E-state index in [1.54, 1.807) is 30.3 Å². The third-order valence-electron chi connectivity index (χ3n) is 9.18. The number of benzene rings is 3. The fourth-order valence-corrected chi connectivity index (χ4v) is 21.0. The van der Waals surface area contributed by atoms with E-state index in [-0.39, 0.29) is 60.6 Å². The molecular weight excluding hydrogens is 1300 g/mol. The van der Waals surface area contributed by atoms with Crippen LogP contribution in [-0.2, 0) is 69.0 Å². The van der Waals surface area contributed by atoms with Gasteiger partial charge in [0.05, 0.1) is 49.5 Å². The van der Waals surface area contributed by atoms with Gasteiger partial charge in [-0.15, -0.1) is 46.4 Å². The first kappa shape index (κ1) is 82.0. The Kier molecular flexibility index (Phi) is 50.0. The molecule has 2 N–H and O–H groups in total. The Morgan fingerprint density at radius 2 is 0.671 bits per heavy atom. The van der Waals surface area contributed by atoms with E-state index in [1.165, 1.54) is 18.2 Å². The molecule has 0 aliphatic rings. The molecule has 3 aromatic carbocycles. The van der Waals surface area contributed by atoms with Crippen LogP contribution in [0.2, 0.25) is 0 Å². The first-order chi connectivity index (χ1) is 30.9. The predicted molar refractivity (Wildman–Crippen MR) is 307 cm³/mol. The molecule has 0 radical (unpaired) electrons. The van der Waals surface area contributed by atoms with E-state index in [4.69, 9.17) is 46.4 Å². The number of pyridine rings is 1. The molecule has 4 aromatic rings. The van der Waals surface area contributed by atoms with E-state index >= 15 is 0 Å². The minimum absolute atomic E-state index is 0. The van der Waals surface area contributed by atoms with Crippen molar-refractivity contribution in [3.8, 4) is 0 Å². The van der Waals surface area contributed by atoms with E-state index in [1.807, 2.05) is 56.3 Å². The predicted octanol–water partition coefficient (Wildman–Crippen LogP) is 13.6. The molecule has 0 amide bonds. The molecule has 0 fully saturated rings. The third-order valence-corrected chi connectivity index (χ3v) is 23.1. The summed E-state index contributed by atoms with van der Waals surface area (Å²) in [4.78, 5) is 4.30. The fraction of sp³-hybridized carbons (Fsp3) is 0.468. The number of aromatic nitrogens is 1. The molecule has 0 saturated carbocycles. The summed E-state index contributed by atoms with van der Waals surface area (Å²) in [7, 11) is -11.2. The SMILES string of the molecule is CC(C)[PH+](c1ccccc1S(=O)(=O)O)C(C)C.CC(C)[PH+](c1ccccc1S(=O)(=O)O)C(C)C.CC(C)[PH+](c1ccccc1S(=O)(=O)[O-])C(C)C.Cc1cccc(C)n1.ClCCl.ClCCl.[CH3-].[CH3-].[Cl][Pd+].[Pd]. The second-order valence-corrected chi connectivity index (χ2v) is 33.3. The monoisotopic (exact) mass is 1380 g/mol. The Bertz CT molecular complexity index is 2060.